The average Bonchev–Trinajstić information content (AvgIpc) is 2.80. The molecule has 0 aliphatic heterocycles. The molecular weight excluding hydrogens is 284 g/mol. The molecule has 4 fully saturated rings. The van der Waals surface area contributed by atoms with E-state index in [-0.39, 0.29) is 11.5 Å². The molecule has 8 unspecified atom stereocenters. The van der Waals surface area contributed by atoms with E-state index in [4.69, 9.17) is 0 Å². The first kappa shape index (κ1) is 16.4. The first-order valence-electron chi connectivity index (χ1n) is 10.2. The fraction of sp³-hybridized carbons (Fsp3) is 1.00. The van der Waals surface area contributed by atoms with Crippen LogP contribution in [0, 0.1) is 34.5 Å². The minimum absolute atomic E-state index is 0.0462. The topological polar surface area (TPSA) is 40.5 Å². The lowest BCUT2D eigenvalue weighted by Gasteiger charge is -2.61. The molecule has 0 spiro atoms. The molecule has 2 nitrogen and oxygen atoms in total. The minimum atomic E-state index is -0.414. The van der Waals surface area contributed by atoms with Crippen LogP contribution >= 0.6 is 0 Å². The van der Waals surface area contributed by atoms with Crippen molar-refractivity contribution in [3.63, 3.8) is 0 Å². The van der Waals surface area contributed by atoms with Crippen LogP contribution < -0.4 is 0 Å². The number of fused-ring (bicyclic) bond motifs is 5. The predicted molar refractivity (Wildman–Crippen MR) is 93.0 cm³/mol. The number of hydrogen-bond acceptors (Lipinski definition) is 2. The zero-order valence-electron chi connectivity index (χ0n) is 15.4. The Kier molecular flexibility index (Phi) is 3.71. The molecule has 0 saturated heterocycles. The second-order valence-corrected chi connectivity index (χ2v) is 9.97. The van der Waals surface area contributed by atoms with Crippen LogP contribution in [0.5, 0.6) is 0 Å². The smallest absolute Gasteiger partial charge is 0.0701 e. The number of aliphatic hydroxyl groups excluding tert-OH is 1. The van der Waals surface area contributed by atoms with Gasteiger partial charge in [0.1, 0.15) is 0 Å². The fourth-order valence-corrected chi connectivity index (χ4v) is 7.93. The highest BCUT2D eigenvalue weighted by molar-refractivity contribution is 5.13. The fourth-order valence-electron chi connectivity index (χ4n) is 7.93. The third-order valence-corrected chi connectivity index (χ3v) is 9.54. The molecular formula is C21H36O2. The second-order valence-electron chi connectivity index (χ2n) is 9.97. The van der Waals surface area contributed by atoms with E-state index in [0.717, 1.165) is 49.4 Å². The van der Waals surface area contributed by atoms with Gasteiger partial charge >= 0.3 is 0 Å². The van der Waals surface area contributed by atoms with Gasteiger partial charge < -0.3 is 10.2 Å². The van der Waals surface area contributed by atoms with E-state index < -0.39 is 5.60 Å². The van der Waals surface area contributed by atoms with Crippen molar-refractivity contribution in [3.05, 3.63) is 0 Å². The van der Waals surface area contributed by atoms with Crippen LogP contribution in [-0.4, -0.2) is 21.9 Å². The maximum atomic E-state index is 11.2. The van der Waals surface area contributed by atoms with Gasteiger partial charge in [-0.25, -0.2) is 0 Å². The summed E-state index contributed by atoms with van der Waals surface area (Å²) in [6.07, 6.45) is 11.6. The summed E-state index contributed by atoms with van der Waals surface area (Å²) in [4.78, 5) is 0. The summed E-state index contributed by atoms with van der Waals surface area (Å²) in [6, 6.07) is 0. The lowest BCUT2D eigenvalue weighted by Crippen LogP contribution is -2.56. The summed E-state index contributed by atoms with van der Waals surface area (Å²) in [6.45, 7) is 7.13. The van der Waals surface area contributed by atoms with E-state index >= 15 is 0 Å². The molecule has 8 atom stereocenters. The molecule has 132 valence electrons. The molecule has 2 heteroatoms. The zero-order valence-corrected chi connectivity index (χ0v) is 15.4. The highest BCUT2D eigenvalue weighted by atomic mass is 16.3. The van der Waals surface area contributed by atoms with E-state index in [0.29, 0.717) is 5.41 Å². The van der Waals surface area contributed by atoms with Gasteiger partial charge in [-0.3, -0.25) is 0 Å². The first-order valence-corrected chi connectivity index (χ1v) is 10.2. The van der Waals surface area contributed by atoms with Gasteiger partial charge in [0, 0.05) is 0 Å². The zero-order chi connectivity index (χ0) is 16.5. The number of hydrogen-bond donors (Lipinski definition) is 2. The van der Waals surface area contributed by atoms with Crippen LogP contribution in [0.25, 0.3) is 0 Å². The number of rotatable bonds is 1. The van der Waals surface area contributed by atoms with E-state index in [1.807, 2.05) is 0 Å². The third kappa shape index (κ3) is 2.06. The Hall–Kier alpha value is -0.0800. The molecule has 2 N–H and O–H groups in total. The van der Waals surface area contributed by atoms with Gasteiger partial charge in [0.05, 0.1) is 11.7 Å². The van der Waals surface area contributed by atoms with Crippen molar-refractivity contribution in [1.82, 2.24) is 0 Å². The normalized spacial score (nSPS) is 59.1. The van der Waals surface area contributed by atoms with E-state index in [2.05, 4.69) is 20.8 Å². The van der Waals surface area contributed by atoms with Crippen molar-refractivity contribution >= 4 is 0 Å². The maximum absolute atomic E-state index is 11.2. The van der Waals surface area contributed by atoms with Crippen LogP contribution in [0.4, 0.5) is 0 Å². The molecule has 0 aromatic rings. The molecule has 4 saturated carbocycles. The van der Waals surface area contributed by atoms with Gasteiger partial charge in [-0.1, -0.05) is 20.8 Å². The largest absolute Gasteiger partial charge is 0.393 e. The van der Waals surface area contributed by atoms with E-state index in [1.165, 1.54) is 38.5 Å². The second kappa shape index (κ2) is 5.21. The van der Waals surface area contributed by atoms with Gasteiger partial charge in [0.15, 0.2) is 0 Å². The Balaban J connectivity index is 1.63. The molecule has 0 aromatic heterocycles. The van der Waals surface area contributed by atoms with Crippen molar-refractivity contribution < 1.29 is 10.2 Å². The minimum Gasteiger partial charge on any atom is -0.393 e. The Bertz CT molecular complexity index is 476. The summed E-state index contributed by atoms with van der Waals surface area (Å²) in [7, 11) is 0. The summed E-state index contributed by atoms with van der Waals surface area (Å²) in [5, 5.41) is 21.4. The monoisotopic (exact) mass is 320 g/mol. The quantitative estimate of drug-likeness (QED) is 0.745. The Morgan fingerprint density at radius 1 is 0.913 bits per heavy atom. The van der Waals surface area contributed by atoms with Crippen LogP contribution in [0.3, 0.4) is 0 Å². The van der Waals surface area contributed by atoms with Crippen LogP contribution in [-0.2, 0) is 0 Å². The lowest BCUT2D eigenvalue weighted by atomic mass is 9.44. The molecule has 4 rings (SSSR count). The first-order chi connectivity index (χ1) is 10.8. The van der Waals surface area contributed by atoms with Crippen molar-refractivity contribution in [3.8, 4) is 0 Å². The summed E-state index contributed by atoms with van der Waals surface area (Å²) < 4.78 is 0. The molecule has 4 aliphatic rings. The molecule has 0 amide bonds. The number of aliphatic hydroxyl groups is 2. The highest BCUT2D eigenvalue weighted by Crippen LogP contribution is 2.68. The molecule has 4 aliphatic carbocycles. The Morgan fingerprint density at radius 3 is 2.39 bits per heavy atom. The van der Waals surface area contributed by atoms with Crippen molar-refractivity contribution in [2.75, 3.05) is 0 Å². The predicted octanol–water partition coefficient (Wildman–Crippen LogP) is 4.53. The van der Waals surface area contributed by atoms with Gasteiger partial charge in [-0.2, -0.15) is 0 Å². The SMILES string of the molecule is CCC1(O)CCC2C3CCC4CC(O)CCC4(C)C3CCC21C. The van der Waals surface area contributed by atoms with Crippen LogP contribution in [0.15, 0.2) is 0 Å². The Labute approximate surface area is 142 Å². The van der Waals surface area contributed by atoms with Crippen molar-refractivity contribution in [2.24, 2.45) is 34.5 Å². The van der Waals surface area contributed by atoms with Gasteiger partial charge in [-0.05, 0) is 98.7 Å². The molecule has 23 heavy (non-hydrogen) atoms. The standard InChI is InChI=1S/C21H36O2/c1-4-21(23)12-9-18-16-6-5-14-13-15(22)7-10-19(14,2)17(16)8-11-20(18,21)3/h14-18,22-23H,4-13H2,1-3H3. The summed E-state index contributed by atoms with van der Waals surface area (Å²) >= 11 is 0. The molecule has 0 bridgehead atoms. The van der Waals surface area contributed by atoms with Crippen molar-refractivity contribution in [1.29, 1.82) is 0 Å². The maximum Gasteiger partial charge on any atom is 0.0701 e. The van der Waals surface area contributed by atoms with Crippen molar-refractivity contribution in [2.45, 2.75) is 96.7 Å². The van der Waals surface area contributed by atoms with E-state index in [1.54, 1.807) is 0 Å². The van der Waals surface area contributed by atoms with Gasteiger partial charge in [0.2, 0.25) is 0 Å². The van der Waals surface area contributed by atoms with Gasteiger partial charge in [-0.15, -0.1) is 0 Å². The van der Waals surface area contributed by atoms with E-state index in [9.17, 15) is 10.2 Å². The summed E-state index contributed by atoms with van der Waals surface area (Å²) in [5.41, 5.74) is 0.194. The third-order valence-electron chi connectivity index (χ3n) is 9.54. The van der Waals surface area contributed by atoms with Gasteiger partial charge in [0.25, 0.3) is 0 Å². The lowest BCUT2D eigenvalue weighted by molar-refractivity contribution is -0.159. The van der Waals surface area contributed by atoms with Crippen LogP contribution in [0.1, 0.15) is 85.0 Å². The highest BCUT2D eigenvalue weighted by Gasteiger charge is 2.63. The van der Waals surface area contributed by atoms with Crippen LogP contribution in [0.2, 0.25) is 0 Å². The average molecular weight is 321 g/mol. The molecule has 0 aromatic carbocycles. The Morgan fingerprint density at radius 2 is 1.65 bits per heavy atom. The summed E-state index contributed by atoms with van der Waals surface area (Å²) in [5.74, 6) is 3.14. The molecule has 0 heterocycles. The molecule has 0 radical (unpaired) electrons.